The van der Waals surface area contributed by atoms with Gasteiger partial charge in [-0.3, -0.25) is 9.88 Å². The highest BCUT2D eigenvalue weighted by atomic mass is 19.4. The van der Waals surface area contributed by atoms with Gasteiger partial charge >= 0.3 is 18.2 Å². The van der Waals surface area contributed by atoms with Crippen LogP contribution < -0.4 is 0 Å². The minimum absolute atomic E-state index is 0.0981. The number of nitrogens with zero attached hydrogens (tertiary/aromatic N) is 4. The number of ether oxygens (including phenoxy) is 1. The number of alkyl halides is 3. The Hall–Kier alpha value is -2.40. The second-order valence-electron chi connectivity index (χ2n) is 7.53. The van der Waals surface area contributed by atoms with Crippen molar-refractivity contribution in [2.45, 2.75) is 31.2 Å². The van der Waals surface area contributed by atoms with Crippen LogP contribution in [0.2, 0.25) is 0 Å². The van der Waals surface area contributed by atoms with Gasteiger partial charge in [-0.15, -0.1) is 0 Å². The van der Waals surface area contributed by atoms with Crippen LogP contribution in [0.5, 0.6) is 0 Å². The SMILES string of the molecule is CN(C)C(=O)N1CCC2(CC1)CN(Cc1ccccn1)CCO2.O=C(O)C(F)(F)F. The predicted octanol–water partition coefficient (Wildman–Crippen LogP) is 2.06. The van der Waals surface area contributed by atoms with Crippen LogP contribution in [0.25, 0.3) is 0 Å². The number of carbonyl (C=O) groups excluding carboxylic acids is 1. The van der Waals surface area contributed by atoms with Crippen LogP contribution >= 0.6 is 0 Å². The van der Waals surface area contributed by atoms with Crippen molar-refractivity contribution < 1.29 is 32.6 Å². The highest BCUT2D eigenvalue weighted by molar-refractivity contribution is 5.74. The monoisotopic (exact) mass is 432 g/mol. The second-order valence-corrected chi connectivity index (χ2v) is 7.53. The smallest absolute Gasteiger partial charge is 0.475 e. The molecule has 0 aromatic carbocycles. The number of rotatable bonds is 2. The number of aromatic nitrogens is 1. The van der Waals surface area contributed by atoms with Crippen molar-refractivity contribution in [3.05, 3.63) is 30.1 Å². The van der Waals surface area contributed by atoms with Gasteiger partial charge in [0.1, 0.15) is 0 Å². The van der Waals surface area contributed by atoms with Gasteiger partial charge in [-0.05, 0) is 25.0 Å². The number of carboxylic acids is 1. The maximum Gasteiger partial charge on any atom is 0.490 e. The third-order valence-electron chi connectivity index (χ3n) is 5.01. The molecule has 0 saturated carbocycles. The molecule has 0 aliphatic carbocycles. The highest BCUT2D eigenvalue weighted by Gasteiger charge is 2.41. The quantitative estimate of drug-likeness (QED) is 0.770. The topological polar surface area (TPSA) is 86.2 Å². The van der Waals surface area contributed by atoms with E-state index in [0.29, 0.717) is 0 Å². The Morgan fingerprint density at radius 2 is 1.87 bits per heavy atom. The van der Waals surface area contributed by atoms with Crippen molar-refractivity contribution in [1.82, 2.24) is 19.7 Å². The lowest BCUT2D eigenvalue weighted by atomic mass is 9.89. The second kappa shape index (κ2) is 10.1. The number of morpholine rings is 1. The number of carboxylic acid groups (broad SMARTS) is 1. The van der Waals surface area contributed by atoms with Gasteiger partial charge in [0.2, 0.25) is 0 Å². The molecule has 2 amide bonds. The van der Waals surface area contributed by atoms with Gasteiger partial charge in [-0.2, -0.15) is 13.2 Å². The zero-order valence-corrected chi connectivity index (χ0v) is 17.1. The number of piperidine rings is 1. The normalized spacial score (nSPS) is 19.0. The molecule has 168 valence electrons. The first-order valence-corrected chi connectivity index (χ1v) is 9.55. The summed E-state index contributed by atoms with van der Waals surface area (Å²) in [6.45, 7) is 5.04. The third kappa shape index (κ3) is 6.84. The number of hydrogen-bond acceptors (Lipinski definition) is 5. The van der Waals surface area contributed by atoms with Gasteiger partial charge < -0.3 is 19.6 Å². The van der Waals surface area contributed by atoms with E-state index in [2.05, 4.69) is 16.0 Å². The first-order chi connectivity index (χ1) is 14.0. The van der Waals surface area contributed by atoms with Gasteiger partial charge in [-0.1, -0.05) is 6.07 Å². The molecule has 0 unspecified atom stereocenters. The highest BCUT2D eigenvalue weighted by Crippen LogP contribution is 2.31. The summed E-state index contributed by atoms with van der Waals surface area (Å²) in [5.41, 5.74) is 1.00. The van der Waals surface area contributed by atoms with Crippen molar-refractivity contribution in [2.75, 3.05) is 46.9 Å². The summed E-state index contributed by atoms with van der Waals surface area (Å²) >= 11 is 0. The summed E-state index contributed by atoms with van der Waals surface area (Å²) < 4.78 is 37.9. The number of halogens is 3. The number of amides is 2. The largest absolute Gasteiger partial charge is 0.490 e. The van der Waals surface area contributed by atoms with E-state index in [9.17, 15) is 18.0 Å². The van der Waals surface area contributed by atoms with Crippen LogP contribution in [0, 0.1) is 0 Å². The molecule has 3 rings (SSSR count). The van der Waals surface area contributed by atoms with E-state index < -0.39 is 12.1 Å². The summed E-state index contributed by atoms with van der Waals surface area (Å²) in [6.07, 6.45) is -1.42. The molecular formula is C19H27F3N4O4. The molecule has 0 bridgehead atoms. The molecule has 11 heteroatoms. The van der Waals surface area contributed by atoms with Gasteiger partial charge in [-0.25, -0.2) is 9.59 Å². The molecule has 1 aromatic heterocycles. The Balaban J connectivity index is 0.000000396. The number of likely N-dealkylation sites (tertiary alicyclic amines) is 1. The summed E-state index contributed by atoms with van der Waals surface area (Å²) in [7, 11) is 3.61. The average molecular weight is 432 g/mol. The fourth-order valence-electron chi connectivity index (χ4n) is 3.47. The van der Waals surface area contributed by atoms with Crippen LogP contribution in [-0.2, 0) is 16.1 Å². The van der Waals surface area contributed by atoms with E-state index in [1.165, 1.54) is 0 Å². The lowest BCUT2D eigenvalue weighted by Crippen LogP contribution is -2.58. The zero-order chi connectivity index (χ0) is 22.4. The summed E-state index contributed by atoms with van der Waals surface area (Å²) in [4.78, 5) is 31.4. The number of hydrogen-bond donors (Lipinski definition) is 1. The van der Waals surface area contributed by atoms with E-state index in [1.54, 1.807) is 19.0 Å². The molecular weight excluding hydrogens is 405 g/mol. The summed E-state index contributed by atoms with van der Waals surface area (Å²) in [6, 6.07) is 6.15. The van der Waals surface area contributed by atoms with Gasteiger partial charge in [0, 0.05) is 53.0 Å². The molecule has 2 fully saturated rings. The van der Waals surface area contributed by atoms with Gasteiger partial charge in [0.15, 0.2) is 0 Å². The molecule has 2 aliphatic heterocycles. The van der Waals surface area contributed by atoms with E-state index in [0.717, 1.165) is 57.9 Å². The molecule has 3 heterocycles. The van der Waals surface area contributed by atoms with Crippen LogP contribution in [0.1, 0.15) is 18.5 Å². The van der Waals surface area contributed by atoms with E-state index in [-0.39, 0.29) is 11.6 Å². The Morgan fingerprint density at radius 3 is 2.37 bits per heavy atom. The van der Waals surface area contributed by atoms with Crippen LogP contribution in [-0.4, -0.2) is 95.4 Å². The lowest BCUT2D eigenvalue weighted by Gasteiger charge is -2.47. The molecule has 8 nitrogen and oxygen atoms in total. The van der Waals surface area contributed by atoms with Crippen molar-refractivity contribution in [1.29, 1.82) is 0 Å². The van der Waals surface area contributed by atoms with Crippen LogP contribution in [0.4, 0.5) is 18.0 Å². The Bertz CT molecular complexity index is 707. The number of pyridine rings is 1. The van der Waals surface area contributed by atoms with Crippen molar-refractivity contribution in [3.63, 3.8) is 0 Å². The molecule has 30 heavy (non-hydrogen) atoms. The average Bonchev–Trinajstić information content (AvgIpc) is 2.69. The zero-order valence-electron chi connectivity index (χ0n) is 17.1. The number of carbonyl (C=O) groups is 2. The maximum atomic E-state index is 12.1. The summed E-state index contributed by atoms with van der Waals surface area (Å²) in [5.74, 6) is -2.76. The first-order valence-electron chi connectivity index (χ1n) is 9.55. The molecule has 2 saturated heterocycles. The van der Waals surface area contributed by atoms with Crippen molar-refractivity contribution in [2.24, 2.45) is 0 Å². The molecule has 1 spiro atoms. The van der Waals surface area contributed by atoms with E-state index >= 15 is 0 Å². The molecule has 1 N–H and O–H groups in total. The fourth-order valence-corrected chi connectivity index (χ4v) is 3.47. The molecule has 1 aromatic rings. The standard InChI is InChI=1S/C17H26N4O2.C2HF3O2/c1-19(2)16(22)21-9-6-17(7-10-21)14-20(11-12-23-17)13-15-5-3-4-8-18-15;3-2(4,5)1(6)7/h3-5,8H,6-7,9-14H2,1-2H3;(H,6,7). The van der Waals surface area contributed by atoms with E-state index in [1.807, 2.05) is 23.2 Å². The summed E-state index contributed by atoms with van der Waals surface area (Å²) in [5, 5.41) is 7.12. The Kier molecular flexibility index (Phi) is 8.02. The Morgan fingerprint density at radius 1 is 1.23 bits per heavy atom. The molecule has 2 aliphatic rings. The number of aliphatic carboxylic acids is 1. The lowest BCUT2D eigenvalue weighted by molar-refractivity contribution is -0.192. The van der Waals surface area contributed by atoms with Crippen molar-refractivity contribution in [3.8, 4) is 0 Å². The van der Waals surface area contributed by atoms with Crippen molar-refractivity contribution >= 4 is 12.0 Å². The minimum Gasteiger partial charge on any atom is -0.475 e. The fraction of sp³-hybridized carbons (Fsp3) is 0.632. The maximum absolute atomic E-state index is 12.1. The van der Waals surface area contributed by atoms with E-state index in [4.69, 9.17) is 14.6 Å². The minimum atomic E-state index is -5.08. The third-order valence-corrected chi connectivity index (χ3v) is 5.01. The van der Waals surface area contributed by atoms with Crippen LogP contribution in [0.3, 0.4) is 0 Å². The van der Waals surface area contributed by atoms with Gasteiger partial charge in [0.05, 0.1) is 17.9 Å². The molecule has 0 radical (unpaired) electrons. The Labute approximate surface area is 173 Å². The predicted molar refractivity (Wildman–Crippen MR) is 102 cm³/mol. The number of urea groups is 1. The van der Waals surface area contributed by atoms with Gasteiger partial charge in [0.25, 0.3) is 0 Å². The van der Waals surface area contributed by atoms with Crippen LogP contribution in [0.15, 0.2) is 24.4 Å². The molecule has 0 atom stereocenters. The first kappa shape index (κ1) is 23.9.